The predicted molar refractivity (Wildman–Crippen MR) is 110 cm³/mol. The van der Waals surface area contributed by atoms with Gasteiger partial charge in [0.1, 0.15) is 5.15 Å². The summed E-state index contributed by atoms with van der Waals surface area (Å²) in [7, 11) is 5.07. The molecule has 6 nitrogen and oxygen atoms in total. The van der Waals surface area contributed by atoms with Gasteiger partial charge in [-0.3, -0.25) is 4.99 Å². The molecule has 0 amide bonds. The number of pyridine rings is 1. The van der Waals surface area contributed by atoms with E-state index in [4.69, 9.17) is 21.1 Å². The number of halogens is 1. The average molecular weight is 391 g/mol. The molecule has 0 spiro atoms. The zero-order valence-corrected chi connectivity index (χ0v) is 16.8. The highest BCUT2D eigenvalue weighted by molar-refractivity contribution is 6.29. The first-order chi connectivity index (χ1) is 13.2. The van der Waals surface area contributed by atoms with Crippen molar-refractivity contribution in [3.63, 3.8) is 0 Å². The number of nitrogens with one attached hydrogen (secondary N) is 2. The molecule has 0 aliphatic heterocycles. The third-order valence-corrected chi connectivity index (χ3v) is 4.32. The van der Waals surface area contributed by atoms with Crippen LogP contribution in [0, 0.1) is 0 Å². The van der Waals surface area contributed by atoms with Crippen molar-refractivity contribution in [2.45, 2.75) is 19.3 Å². The van der Waals surface area contributed by atoms with Gasteiger partial charge in [0, 0.05) is 26.3 Å². The summed E-state index contributed by atoms with van der Waals surface area (Å²) in [5, 5.41) is 7.15. The molecule has 2 aromatic rings. The number of methoxy groups -OCH3 is 2. The molecule has 2 N–H and O–H groups in total. The minimum absolute atomic E-state index is 0.513. The van der Waals surface area contributed by atoms with Gasteiger partial charge in [-0.25, -0.2) is 4.98 Å². The summed E-state index contributed by atoms with van der Waals surface area (Å²) in [6.45, 7) is 1.61. The van der Waals surface area contributed by atoms with Crippen molar-refractivity contribution >= 4 is 17.6 Å². The topological polar surface area (TPSA) is 67.8 Å². The molecule has 0 radical (unpaired) electrons. The second-order valence-electron chi connectivity index (χ2n) is 5.96. The fourth-order valence-corrected chi connectivity index (χ4v) is 2.75. The van der Waals surface area contributed by atoms with Crippen LogP contribution in [0.4, 0.5) is 0 Å². The van der Waals surface area contributed by atoms with Crippen LogP contribution in [-0.2, 0) is 12.8 Å². The Morgan fingerprint density at radius 1 is 1.00 bits per heavy atom. The number of hydrogen-bond acceptors (Lipinski definition) is 4. The monoisotopic (exact) mass is 390 g/mol. The van der Waals surface area contributed by atoms with E-state index in [2.05, 4.69) is 26.7 Å². The lowest BCUT2D eigenvalue weighted by Crippen LogP contribution is -2.38. The number of guanidine groups is 1. The zero-order valence-electron chi connectivity index (χ0n) is 16.1. The quantitative estimate of drug-likeness (QED) is 0.298. The van der Waals surface area contributed by atoms with Crippen molar-refractivity contribution in [2.75, 3.05) is 34.4 Å². The van der Waals surface area contributed by atoms with E-state index < -0.39 is 0 Å². The Labute approximate surface area is 166 Å². The largest absolute Gasteiger partial charge is 0.493 e. The highest BCUT2D eigenvalue weighted by Gasteiger charge is 2.05. The lowest BCUT2D eigenvalue weighted by Gasteiger charge is -2.12. The number of nitrogens with zero attached hydrogens (tertiary/aromatic N) is 2. The Morgan fingerprint density at radius 2 is 1.74 bits per heavy atom. The Bertz CT molecular complexity index is 735. The van der Waals surface area contributed by atoms with Crippen molar-refractivity contribution in [1.82, 2.24) is 15.6 Å². The van der Waals surface area contributed by atoms with Gasteiger partial charge in [-0.05, 0) is 48.6 Å². The van der Waals surface area contributed by atoms with E-state index in [9.17, 15) is 0 Å². The lowest BCUT2D eigenvalue weighted by atomic mass is 10.1. The molecular weight excluding hydrogens is 364 g/mol. The molecule has 1 aromatic heterocycles. The van der Waals surface area contributed by atoms with Crippen LogP contribution >= 0.6 is 11.6 Å². The number of benzene rings is 1. The second kappa shape index (κ2) is 11.3. The molecule has 0 saturated carbocycles. The Morgan fingerprint density at radius 3 is 2.41 bits per heavy atom. The molecule has 2 rings (SSSR count). The molecule has 1 aromatic carbocycles. The van der Waals surface area contributed by atoms with Crippen LogP contribution in [0.1, 0.15) is 17.5 Å². The maximum absolute atomic E-state index is 5.80. The third kappa shape index (κ3) is 6.98. The number of rotatable bonds is 9. The van der Waals surface area contributed by atoms with E-state index in [0.717, 1.165) is 55.4 Å². The normalized spacial score (nSPS) is 11.2. The van der Waals surface area contributed by atoms with Crippen LogP contribution in [0.5, 0.6) is 11.5 Å². The summed E-state index contributed by atoms with van der Waals surface area (Å²) >= 11 is 5.80. The SMILES string of the molecule is CN=C(NCCCc1ccc(OC)c(OC)c1)NCCc1ccc(Cl)nc1. The Kier molecular flexibility index (Phi) is 8.71. The molecule has 0 aliphatic carbocycles. The summed E-state index contributed by atoms with van der Waals surface area (Å²) < 4.78 is 10.6. The lowest BCUT2D eigenvalue weighted by molar-refractivity contribution is 0.354. The van der Waals surface area contributed by atoms with Crippen molar-refractivity contribution in [3.8, 4) is 11.5 Å². The summed E-state index contributed by atoms with van der Waals surface area (Å²) in [5.41, 5.74) is 2.35. The number of aromatic nitrogens is 1. The van der Waals surface area contributed by atoms with Gasteiger partial charge in [0.25, 0.3) is 0 Å². The fourth-order valence-electron chi connectivity index (χ4n) is 2.64. The van der Waals surface area contributed by atoms with Crippen LogP contribution in [-0.4, -0.2) is 45.3 Å². The number of aryl methyl sites for hydroxylation is 1. The van der Waals surface area contributed by atoms with E-state index in [1.54, 1.807) is 33.5 Å². The highest BCUT2D eigenvalue weighted by atomic mass is 35.5. The first-order valence-corrected chi connectivity index (χ1v) is 9.30. The van der Waals surface area contributed by atoms with Crippen LogP contribution in [0.15, 0.2) is 41.5 Å². The molecule has 0 unspecified atom stereocenters. The van der Waals surface area contributed by atoms with Crippen molar-refractivity contribution < 1.29 is 9.47 Å². The summed E-state index contributed by atoms with van der Waals surface area (Å²) in [4.78, 5) is 8.33. The molecule has 0 fully saturated rings. The Balaban J connectivity index is 1.69. The second-order valence-corrected chi connectivity index (χ2v) is 6.35. The van der Waals surface area contributed by atoms with Gasteiger partial charge >= 0.3 is 0 Å². The molecule has 146 valence electrons. The maximum Gasteiger partial charge on any atom is 0.190 e. The van der Waals surface area contributed by atoms with Gasteiger partial charge < -0.3 is 20.1 Å². The highest BCUT2D eigenvalue weighted by Crippen LogP contribution is 2.27. The van der Waals surface area contributed by atoms with E-state index in [1.165, 1.54) is 5.56 Å². The van der Waals surface area contributed by atoms with Gasteiger partial charge in [-0.2, -0.15) is 0 Å². The van der Waals surface area contributed by atoms with Crippen LogP contribution in [0.25, 0.3) is 0 Å². The van der Waals surface area contributed by atoms with E-state index >= 15 is 0 Å². The summed E-state index contributed by atoms with van der Waals surface area (Å²) in [5.74, 6) is 2.31. The molecule has 0 aliphatic rings. The average Bonchev–Trinajstić information content (AvgIpc) is 2.70. The van der Waals surface area contributed by atoms with Crippen molar-refractivity contribution in [1.29, 1.82) is 0 Å². The number of ether oxygens (including phenoxy) is 2. The van der Waals surface area contributed by atoms with Crippen LogP contribution in [0.2, 0.25) is 5.15 Å². The van der Waals surface area contributed by atoms with Crippen LogP contribution in [0.3, 0.4) is 0 Å². The van der Waals surface area contributed by atoms with Crippen molar-refractivity contribution in [3.05, 3.63) is 52.8 Å². The number of aliphatic imine (C=N–C) groups is 1. The smallest absolute Gasteiger partial charge is 0.190 e. The standard InChI is InChI=1S/C20H27ClN4O2/c1-22-20(24-12-10-16-7-9-19(21)25-14-16)23-11-4-5-15-6-8-17(26-2)18(13-15)27-3/h6-9,13-14H,4-5,10-12H2,1-3H3,(H2,22,23,24). The van der Waals surface area contributed by atoms with E-state index in [1.807, 2.05) is 18.2 Å². The molecule has 0 bridgehead atoms. The molecule has 1 heterocycles. The first kappa shape index (κ1) is 20.8. The zero-order chi connectivity index (χ0) is 19.5. The fraction of sp³-hybridized carbons (Fsp3) is 0.400. The Hall–Kier alpha value is -2.47. The molecular formula is C20H27ClN4O2. The van der Waals surface area contributed by atoms with Gasteiger partial charge in [0.05, 0.1) is 14.2 Å². The molecule has 27 heavy (non-hydrogen) atoms. The summed E-state index contributed by atoms with van der Waals surface area (Å²) in [6, 6.07) is 9.81. The molecule has 0 atom stereocenters. The number of hydrogen-bond donors (Lipinski definition) is 2. The summed E-state index contributed by atoms with van der Waals surface area (Å²) in [6.07, 6.45) is 4.58. The van der Waals surface area contributed by atoms with Gasteiger partial charge in [0.15, 0.2) is 17.5 Å². The third-order valence-electron chi connectivity index (χ3n) is 4.10. The van der Waals surface area contributed by atoms with Gasteiger partial charge in [-0.1, -0.05) is 23.7 Å². The van der Waals surface area contributed by atoms with Crippen LogP contribution < -0.4 is 20.1 Å². The minimum Gasteiger partial charge on any atom is -0.493 e. The van der Waals surface area contributed by atoms with E-state index in [0.29, 0.717) is 5.15 Å². The molecule has 0 saturated heterocycles. The van der Waals surface area contributed by atoms with E-state index in [-0.39, 0.29) is 0 Å². The van der Waals surface area contributed by atoms with Gasteiger partial charge in [0.2, 0.25) is 0 Å². The molecule has 7 heteroatoms. The van der Waals surface area contributed by atoms with Crippen molar-refractivity contribution in [2.24, 2.45) is 4.99 Å². The first-order valence-electron chi connectivity index (χ1n) is 8.92. The minimum atomic E-state index is 0.513. The predicted octanol–water partition coefficient (Wildman–Crippen LogP) is 3.09. The maximum atomic E-state index is 5.80. The van der Waals surface area contributed by atoms with Gasteiger partial charge in [-0.15, -0.1) is 0 Å².